The van der Waals surface area contributed by atoms with Crippen LogP contribution in [0.15, 0.2) is 46.9 Å². The summed E-state index contributed by atoms with van der Waals surface area (Å²) in [5.74, 6) is -3.06. The number of amides is 1. The van der Waals surface area contributed by atoms with E-state index in [0.717, 1.165) is 36.4 Å². The van der Waals surface area contributed by atoms with Gasteiger partial charge in [-0.25, -0.2) is 22.2 Å². The number of aromatic nitrogens is 1. The van der Waals surface area contributed by atoms with Crippen molar-refractivity contribution < 1.29 is 31.5 Å². The van der Waals surface area contributed by atoms with E-state index in [-0.39, 0.29) is 30.1 Å². The van der Waals surface area contributed by atoms with Crippen molar-refractivity contribution in [3.05, 3.63) is 82.4 Å². The molecule has 2 aromatic carbocycles. The lowest BCUT2D eigenvalue weighted by Gasteiger charge is -2.24. The van der Waals surface area contributed by atoms with Crippen molar-refractivity contribution in [3.8, 4) is 0 Å². The number of aliphatic hydroxyl groups is 1. The van der Waals surface area contributed by atoms with Gasteiger partial charge in [0.05, 0.1) is 18.4 Å². The minimum atomic E-state index is -3.67. The maximum atomic E-state index is 13.8. The minimum Gasteiger partial charge on any atom is -0.415 e. The second-order valence-electron chi connectivity index (χ2n) is 8.74. The van der Waals surface area contributed by atoms with Gasteiger partial charge in [-0.3, -0.25) is 9.52 Å². The predicted octanol–water partition coefficient (Wildman–Crippen LogP) is 2.69. The molecule has 0 aliphatic carbocycles. The number of aryl methyl sites for hydroxylation is 2. The standard InChI is InChI=1S/C25H30F2N4O5S/c1-4-16-6-5-7-17(8-16)13-28-14-22(32)21(11-18-9-19(26)12-20(27)10-18)30-23(33)25-29-15(2)24(36-25)31-37(3,34)35/h5-10,12,21-22,28,31-32H,4,11,13-14H2,1-3H3,(H,30,33). The predicted molar refractivity (Wildman–Crippen MR) is 135 cm³/mol. The van der Waals surface area contributed by atoms with Crippen molar-refractivity contribution in [2.45, 2.75) is 45.4 Å². The molecule has 0 saturated heterocycles. The van der Waals surface area contributed by atoms with Crippen LogP contribution in [0.25, 0.3) is 0 Å². The van der Waals surface area contributed by atoms with Crippen LogP contribution in [0.1, 0.15) is 40.0 Å². The monoisotopic (exact) mass is 536 g/mol. The van der Waals surface area contributed by atoms with Crippen molar-refractivity contribution in [3.63, 3.8) is 0 Å². The summed E-state index contributed by atoms with van der Waals surface area (Å²) in [6, 6.07) is 9.92. The summed E-state index contributed by atoms with van der Waals surface area (Å²) in [6.07, 6.45) is 0.554. The lowest BCUT2D eigenvalue weighted by molar-refractivity contribution is 0.0799. The third-order valence-electron chi connectivity index (χ3n) is 5.51. The molecule has 0 spiro atoms. The third kappa shape index (κ3) is 8.62. The van der Waals surface area contributed by atoms with Crippen molar-refractivity contribution in [1.29, 1.82) is 0 Å². The Kier molecular flexibility index (Phi) is 9.35. The molecule has 0 bridgehead atoms. The van der Waals surface area contributed by atoms with Crippen LogP contribution < -0.4 is 15.4 Å². The number of nitrogens with zero attached hydrogens (tertiary/aromatic N) is 1. The Morgan fingerprint density at radius 2 is 1.78 bits per heavy atom. The zero-order valence-corrected chi connectivity index (χ0v) is 21.5. The van der Waals surface area contributed by atoms with E-state index in [9.17, 15) is 27.1 Å². The van der Waals surface area contributed by atoms with E-state index in [1.54, 1.807) is 0 Å². The van der Waals surface area contributed by atoms with Crippen molar-refractivity contribution >= 4 is 21.8 Å². The number of anilines is 1. The molecule has 3 aromatic rings. The van der Waals surface area contributed by atoms with Gasteiger partial charge in [0, 0.05) is 19.2 Å². The summed E-state index contributed by atoms with van der Waals surface area (Å²) in [5.41, 5.74) is 2.54. The van der Waals surface area contributed by atoms with E-state index in [0.29, 0.717) is 6.54 Å². The van der Waals surface area contributed by atoms with E-state index in [1.165, 1.54) is 12.5 Å². The summed E-state index contributed by atoms with van der Waals surface area (Å²) >= 11 is 0. The van der Waals surface area contributed by atoms with Gasteiger partial charge < -0.3 is 20.2 Å². The highest BCUT2D eigenvalue weighted by atomic mass is 32.2. The molecule has 1 aromatic heterocycles. The average Bonchev–Trinajstić information content (AvgIpc) is 3.16. The Bertz CT molecular complexity index is 1330. The minimum absolute atomic E-state index is 0.0601. The largest absolute Gasteiger partial charge is 0.415 e. The average molecular weight is 537 g/mol. The summed E-state index contributed by atoms with van der Waals surface area (Å²) in [5, 5.41) is 16.6. The lowest BCUT2D eigenvalue weighted by Crippen LogP contribution is -2.48. The van der Waals surface area contributed by atoms with Crippen molar-refractivity contribution in [1.82, 2.24) is 15.6 Å². The maximum Gasteiger partial charge on any atom is 0.307 e. The Hall–Kier alpha value is -3.35. The van der Waals surface area contributed by atoms with Crippen LogP contribution in [0.4, 0.5) is 14.7 Å². The highest BCUT2D eigenvalue weighted by Crippen LogP contribution is 2.18. The number of carbonyl (C=O) groups excluding carboxylic acids is 1. The number of hydrogen-bond donors (Lipinski definition) is 4. The number of carbonyl (C=O) groups is 1. The van der Waals surface area contributed by atoms with Gasteiger partial charge in [-0.15, -0.1) is 0 Å². The van der Waals surface area contributed by atoms with Gasteiger partial charge >= 0.3 is 5.91 Å². The van der Waals surface area contributed by atoms with Gasteiger partial charge in [0.15, 0.2) is 0 Å². The Labute approximate surface area is 214 Å². The topological polar surface area (TPSA) is 134 Å². The molecule has 0 radical (unpaired) electrons. The zero-order valence-electron chi connectivity index (χ0n) is 20.7. The molecule has 12 heteroatoms. The summed E-state index contributed by atoms with van der Waals surface area (Å²) in [4.78, 5) is 16.8. The summed E-state index contributed by atoms with van der Waals surface area (Å²) in [7, 11) is -3.67. The van der Waals surface area contributed by atoms with Gasteiger partial charge in [0.25, 0.3) is 5.89 Å². The van der Waals surface area contributed by atoms with E-state index in [2.05, 4.69) is 20.3 Å². The van der Waals surface area contributed by atoms with E-state index < -0.39 is 45.6 Å². The van der Waals surface area contributed by atoms with E-state index in [4.69, 9.17) is 4.42 Å². The molecular formula is C25H30F2N4O5S. The molecule has 1 heterocycles. The number of aliphatic hydroxyl groups excluding tert-OH is 1. The number of hydrogen-bond acceptors (Lipinski definition) is 7. The quantitative estimate of drug-likeness (QED) is 0.280. The molecule has 0 aliphatic rings. The molecule has 0 fully saturated rings. The van der Waals surface area contributed by atoms with E-state index in [1.807, 2.05) is 31.2 Å². The Balaban J connectivity index is 1.74. The second kappa shape index (κ2) is 12.3. The molecule has 37 heavy (non-hydrogen) atoms. The third-order valence-corrected chi connectivity index (χ3v) is 6.07. The Morgan fingerprint density at radius 3 is 2.43 bits per heavy atom. The fourth-order valence-electron chi connectivity index (χ4n) is 3.72. The van der Waals surface area contributed by atoms with Crippen LogP contribution in [0.3, 0.4) is 0 Å². The smallest absolute Gasteiger partial charge is 0.307 e. The highest BCUT2D eigenvalue weighted by Gasteiger charge is 2.26. The van der Waals surface area contributed by atoms with Gasteiger partial charge in [-0.05, 0) is 48.6 Å². The molecule has 4 N–H and O–H groups in total. The molecule has 2 unspecified atom stereocenters. The molecule has 0 saturated carbocycles. The van der Waals surface area contributed by atoms with Crippen LogP contribution in [0, 0.1) is 18.6 Å². The summed E-state index contributed by atoms with van der Waals surface area (Å²) < 4.78 is 57.9. The first-order chi connectivity index (χ1) is 17.4. The van der Waals surface area contributed by atoms with E-state index >= 15 is 0 Å². The molecule has 9 nitrogen and oxygen atoms in total. The maximum absolute atomic E-state index is 13.8. The first kappa shape index (κ1) is 28.2. The molecule has 2 atom stereocenters. The van der Waals surface area contributed by atoms with Crippen LogP contribution in [0.5, 0.6) is 0 Å². The van der Waals surface area contributed by atoms with Crippen LogP contribution in [-0.4, -0.2) is 49.4 Å². The first-order valence-corrected chi connectivity index (χ1v) is 13.5. The molecule has 3 rings (SSSR count). The number of rotatable bonds is 12. The Morgan fingerprint density at radius 1 is 1.11 bits per heavy atom. The molecule has 0 aliphatic heterocycles. The van der Waals surface area contributed by atoms with Crippen molar-refractivity contribution in [2.24, 2.45) is 0 Å². The van der Waals surface area contributed by atoms with Gasteiger partial charge in [-0.1, -0.05) is 31.2 Å². The number of nitrogens with one attached hydrogen (secondary N) is 3. The number of sulfonamides is 1. The van der Waals surface area contributed by atoms with Crippen LogP contribution in [0.2, 0.25) is 0 Å². The van der Waals surface area contributed by atoms with Gasteiger partial charge in [0.1, 0.15) is 17.3 Å². The number of benzene rings is 2. The summed E-state index contributed by atoms with van der Waals surface area (Å²) in [6.45, 7) is 4.02. The van der Waals surface area contributed by atoms with Crippen molar-refractivity contribution in [2.75, 3.05) is 17.5 Å². The van der Waals surface area contributed by atoms with Gasteiger partial charge in [-0.2, -0.15) is 0 Å². The lowest BCUT2D eigenvalue weighted by atomic mass is 10.0. The van der Waals surface area contributed by atoms with Gasteiger partial charge in [0.2, 0.25) is 15.9 Å². The van der Waals surface area contributed by atoms with Crippen LogP contribution in [-0.2, 0) is 29.4 Å². The molecular weight excluding hydrogens is 506 g/mol. The fraction of sp³-hybridized carbons (Fsp3) is 0.360. The number of oxazole rings is 1. The number of halogens is 2. The zero-order chi connectivity index (χ0) is 27.2. The normalized spacial score (nSPS) is 13.2. The second-order valence-corrected chi connectivity index (χ2v) is 10.5. The first-order valence-electron chi connectivity index (χ1n) is 11.6. The fourth-order valence-corrected chi connectivity index (χ4v) is 4.25. The molecule has 1 amide bonds. The highest BCUT2D eigenvalue weighted by molar-refractivity contribution is 7.92. The van der Waals surface area contributed by atoms with Crippen LogP contribution >= 0.6 is 0 Å². The molecule has 200 valence electrons. The SMILES string of the molecule is CCc1cccc(CNCC(O)C(Cc2cc(F)cc(F)c2)NC(=O)c2nc(C)c(NS(C)(=O)=O)o2)c1.